The van der Waals surface area contributed by atoms with Crippen molar-refractivity contribution in [2.45, 2.75) is 32.7 Å². The standard InChI is InChI=1S/C26H33N5/c1-7-10-24(27-4)23-16-28-25(30-26(23)29-22-13-18(3)14-22)21-12-9-11-20(15-21)19(8-2)17-31(5)6/h7-12,15-18,22H,2,13-14H2,1,3-6H3,(H,28,29,30)/b10-7-,19-17+,27-24+. The third kappa shape index (κ3) is 5.48. The maximum absolute atomic E-state index is 4.94. The molecular weight excluding hydrogens is 382 g/mol. The lowest BCUT2D eigenvalue weighted by atomic mass is 9.82. The number of benzene rings is 1. The fraction of sp³-hybridized carbons (Fsp3) is 0.346. The number of aliphatic imine (C=N–C) groups is 1. The number of hydrogen-bond acceptors (Lipinski definition) is 5. The summed E-state index contributed by atoms with van der Waals surface area (Å²) in [5.41, 5.74) is 4.92. The Morgan fingerprint density at radius 3 is 2.68 bits per heavy atom. The summed E-state index contributed by atoms with van der Waals surface area (Å²) in [6, 6.07) is 8.72. The quantitative estimate of drug-likeness (QED) is 0.461. The second kappa shape index (κ2) is 10.2. The van der Waals surface area contributed by atoms with Gasteiger partial charge in [0.15, 0.2) is 5.82 Å². The van der Waals surface area contributed by atoms with E-state index in [1.165, 1.54) is 0 Å². The predicted octanol–water partition coefficient (Wildman–Crippen LogP) is 5.44. The van der Waals surface area contributed by atoms with Crippen LogP contribution in [0.15, 0.2) is 66.5 Å². The van der Waals surface area contributed by atoms with Gasteiger partial charge >= 0.3 is 0 Å². The maximum Gasteiger partial charge on any atom is 0.161 e. The van der Waals surface area contributed by atoms with Crippen LogP contribution in [0, 0.1) is 5.92 Å². The Hall–Kier alpha value is -3.21. The van der Waals surface area contributed by atoms with Gasteiger partial charge in [-0.25, -0.2) is 9.97 Å². The third-order valence-corrected chi connectivity index (χ3v) is 5.42. The number of aromatic nitrogens is 2. The molecule has 2 aromatic rings. The molecule has 0 unspecified atom stereocenters. The summed E-state index contributed by atoms with van der Waals surface area (Å²) in [7, 11) is 5.81. The van der Waals surface area contributed by atoms with Crippen molar-refractivity contribution in [3.63, 3.8) is 0 Å². The van der Waals surface area contributed by atoms with E-state index in [2.05, 4.69) is 42.1 Å². The van der Waals surface area contributed by atoms with Crippen molar-refractivity contribution in [2.24, 2.45) is 10.9 Å². The van der Waals surface area contributed by atoms with Gasteiger partial charge in [-0.05, 0) is 49.0 Å². The fourth-order valence-corrected chi connectivity index (χ4v) is 3.84. The highest BCUT2D eigenvalue weighted by Crippen LogP contribution is 2.31. The van der Waals surface area contributed by atoms with E-state index in [4.69, 9.17) is 9.97 Å². The smallest absolute Gasteiger partial charge is 0.161 e. The monoisotopic (exact) mass is 415 g/mol. The lowest BCUT2D eigenvalue weighted by Gasteiger charge is -2.34. The van der Waals surface area contributed by atoms with Gasteiger partial charge in [0.1, 0.15) is 5.82 Å². The number of anilines is 1. The second-order valence-electron chi connectivity index (χ2n) is 8.32. The Balaban J connectivity index is 2.02. The van der Waals surface area contributed by atoms with Gasteiger partial charge in [-0.15, -0.1) is 0 Å². The van der Waals surface area contributed by atoms with E-state index in [1.54, 1.807) is 7.05 Å². The van der Waals surface area contributed by atoms with Crippen LogP contribution in [0.5, 0.6) is 0 Å². The summed E-state index contributed by atoms with van der Waals surface area (Å²) >= 11 is 0. The zero-order valence-corrected chi connectivity index (χ0v) is 19.3. The molecule has 0 atom stereocenters. The minimum absolute atomic E-state index is 0.446. The summed E-state index contributed by atoms with van der Waals surface area (Å²) in [4.78, 5) is 16.1. The van der Waals surface area contributed by atoms with Crippen molar-refractivity contribution in [2.75, 3.05) is 26.5 Å². The molecule has 0 bridgehead atoms. The van der Waals surface area contributed by atoms with Gasteiger partial charge < -0.3 is 10.2 Å². The average Bonchev–Trinajstić information content (AvgIpc) is 2.75. The van der Waals surface area contributed by atoms with Crippen LogP contribution in [0.1, 0.15) is 37.8 Å². The van der Waals surface area contributed by atoms with Crippen molar-refractivity contribution in [1.29, 1.82) is 0 Å². The minimum atomic E-state index is 0.446. The van der Waals surface area contributed by atoms with Crippen LogP contribution in [0.25, 0.3) is 17.0 Å². The number of nitrogens with zero attached hydrogens (tertiary/aromatic N) is 4. The first-order valence-corrected chi connectivity index (χ1v) is 10.8. The van der Waals surface area contributed by atoms with Gasteiger partial charge in [-0.2, -0.15) is 0 Å². The molecule has 1 heterocycles. The molecule has 1 aliphatic rings. The lowest BCUT2D eigenvalue weighted by molar-refractivity contribution is 0.308. The van der Waals surface area contributed by atoms with E-state index >= 15 is 0 Å². The summed E-state index contributed by atoms with van der Waals surface area (Å²) < 4.78 is 0. The van der Waals surface area contributed by atoms with E-state index in [0.29, 0.717) is 11.9 Å². The van der Waals surface area contributed by atoms with Crippen LogP contribution in [0.2, 0.25) is 0 Å². The van der Waals surface area contributed by atoms with Gasteiger partial charge in [0, 0.05) is 45.1 Å². The molecule has 0 aliphatic heterocycles. The third-order valence-electron chi connectivity index (χ3n) is 5.42. The Bertz CT molecular complexity index is 1010. The molecule has 1 aromatic carbocycles. The highest BCUT2D eigenvalue weighted by Gasteiger charge is 2.26. The summed E-state index contributed by atoms with van der Waals surface area (Å²) in [6.07, 6.45) is 12.1. The Morgan fingerprint density at radius 1 is 1.29 bits per heavy atom. The van der Waals surface area contributed by atoms with Crippen LogP contribution in [-0.4, -0.2) is 47.8 Å². The first-order chi connectivity index (χ1) is 14.9. The number of nitrogens with one attached hydrogen (secondary N) is 1. The molecule has 3 rings (SSSR count). The molecule has 5 nitrogen and oxygen atoms in total. The summed E-state index contributed by atoms with van der Waals surface area (Å²) in [5.74, 6) is 2.30. The van der Waals surface area contributed by atoms with Crippen molar-refractivity contribution in [3.05, 3.63) is 72.6 Å². The normalized spacial score (nSPS) is 19.3. The van der Waals surface area contributed by atoms with Crippen molar-refractivity contribution >= 4 is 17.1 Å². The van der Waals surface area contributed by atoms with Gasteiger partial charge in [0.05, 0.1) is 11.3 Å². The van der Waals surface area contributed by atoms with Gasteiger partial charge in [-0.3, -0.25) is 4.99 Å². The van der Waals surface area contributed by atoms with Crippen molar-refractivity contribution in [1.82, 2.24) is 14.9 Å². The van der Waals surface area contributed by atoms with E-state index < -0.39 is 0 Å². The number of hydrogen-bond donors (Lipinski definition) is 1. The SMILES string of the molecule is C=C/C(=C\N(C)C)c1cccc(-c2ncc(C(/C=C\C)=N/C)c(NC3CC(C)C3)n2)c1. The van der Waals surface area contributed by atoms with E-state index in [0.717, 1.165) is 52.6 Å². The molecule has 0 saturated heterocycles. The zero-order valence-electron chi connectivity index (χ0n) is 19.3. The van der Waals surface area contributed by atoms with Crippen LogP contribution in [-0.2, 0) is 0 Å². The van der Waals surface area contributed by atoms with Gasteiger partial charge in [0.25, 0.3) is 0 Å². The predicted molar refractivity (Wildman–Crippen MR) is 132 cm³/mol. The van der Waals surface area contributed by atoms with Crippen LogP contribution >= 0.6 is 0 Å². The highest BCUT2D eigenvalue weighted by molar-refractivity contribution is 6.11. The zero-order chi connectivity index (χ0) is 22.4. The van der Waals surface area contributed by atoms with Crippen LogP contribution < -0.4 is 5.32 Å². The molecule has 31 heavy (non-hydrogen) atoms. The average molecular weight is 416 g/mol. The molecule has 0 amide bonds. The molecule has 0 radical (unpaired) electrons. The lowest BCUT2D eigenvalue weighted by Crippen LogP contribution is -2.34. The van der Waals surface area contributed by atoms with Gasteiger partial charge in [-0.1, -0.05) is 43.9 Å². The Morgan fingerprint density at radius 2 is 2.06 bits per heavy atom. The van der Waals surface area contributed by atoms with Crippen LogP contribution in [0.4, 0.5) is 5.82 Å². The molecule has 162 valence electrons. The molecule has 1 aliphatic carbocycles. The van der Waals surface area contributed by atoms with E-state index in [9.17, 15) is 0 Å². The topological polar surface area (TPSA) is 53.4 Å². The van der Waals surface area contributed by atoms with E-state index in [-0.39, 0.29) is 0 Å². The highest BCUT2D eigenvalue weighted by atomic mass is 15.1. The molecule has 1 saturated carbocycles. The van der Waals surface area contributed by atoms with E-state index in [1.807, 2.05) is 62.5 Å². The van der Waals surface area contributed by atoms with Gasteiger partial charge in [0.2, 0.25) is 0 Å². The summed E-state index contributed by atoms with van der Waals surface area (Å²) in [6.45, 7) is 8.24. The molecule has 5 heteroatoms. The molecule has 1 aromatic heterocycles. The maximum atomic E-state index is 4.94. The minimum Gasteiger partial charge on any atom is -0.383 e. The Labute approximate surface area is 186 Å². The number of allylic oxidation sites excluding steroid dienone is 4. The second-order valence-corrected chi connectivity index (χ2v) is 8.32. The van der Waals surface area contributed by atoms with Crippen molar-refractivity contribution in [3.8, 4) is 11.4 Å². The molecule has 0 spiro atoms. The molecule has 1 N–H and O–H groups in total. The molecule has 1 fully saturated rings. The fourth-order valence-electron chi connectivity index (χ4n) is 3.84. The van der Waals surface area contributed by atoms with Crippen molar-refractivity contribution < 1.29 is 0 Å². The summed E-state index contributed by atoms with van der Waals surface area (Å²) in [5, 5.41) is 3.64. The largest absolute Gasteiger partial charge is 0.383 e. The first-order valence-electron chi connectivity index (χ1n) is 10.8. The Kier molecular flexibility index (Phi) is 7.40. The molecular formula is C26H33N5. The van der Waals surface area contributed by atoms with Crippen LogP contribution in [0.3, 0.4) is 0 Å². The first kappa shape index (κ1) is 22.5. The number of rotatable bonds is 8.